The van der Waals surface area contributed by atoms with Gasteiger partial charge in [0.1, 0.15) is 0 Å². The van der Waals surface area contributed by atoms with Gasteiger partial charge in [0, 0.05) is 23.5 Å². The van der Waals surface area contributed by atoms with Crippen molar-refractivity contribution in [2.24, 2.45) is 0 Å². The van der Waals surface area contributed by atoms with Crippen molar-refractivity contribution >= 4 is 57.6 Å². The molecule has 0 fully saturated rings. The molecule has 0 aromatic heterocycles. The van der Waals surface area contributed by atoms with Crippen LogP contribution in [0.5, 0.6) is 0 Å². The molecule has 0 aliphatic carbocycles. The Bertz CT molecular complexity index is 626. The van der Waals surface area contributed by atoms with E-state index in [1.165, 1.54) is 0 Å². The second-order valence-corrected chi connectivity index (χ2v) is 6.87. The van der Waals surface area contributed by atoms with E-state index in [9.17, 15) is 9.59 Å². The summed E-state index contributed by atoms with van der Waals surface area (Å²) in [5.41, 5.74) is 1.06. The van der Waals surface area contributed by atoms with Gasteiger partial charge in [-0.25, -0.2) is 0 Å². The van der Waals surface area contributed by atoms with Crippen LogP contribution in [-0.4, -0.2) is 33.9 Å². The molecule has 0 bridgehead atoms. The van der Waals surface area contributed by atoms with Crippen LogP contribution in [0.3, 0.4) is 0 Å². The SMILES string of the molecule is CCC(C)NC(=S)C(=O)Nc1cccc(NC(=O)C(=S)NC(C)CC)c1. The van der Waals surface area contributed by atoms with Crippen LogP contribution in [0, 0.1) is 0 Å². The number of hydrogen-bond donors (Lipinski definition) is 4. The fraction of sp³-hybridized carbons (Fsp3) is 0.444. The maximum Gasteiger partial charge on any atom is 0.283 e. The molecular weight excluding hydrogens is 368 g/mol. The average molecular weight is 395 g/mol. The van der Waals surface area contributed by atoms with Gasteiger partial charge in [-0.15, -0.1) is 0 Å². The molecule has 2 amide bonds. The minimum atomic E-state index is -0.391. The van der Waals surface area contributed by atoms with E-state index in [4.69, 9.17) is 24.4 Å². The molecule has 1 aromatic carbocycles. The largest absolute Gasteiger partial charge is 0.369 e. The van der Waals surface area contributed by atoms with Gasteiger partial charge in [-0.3, -0.25) is 9.59 Å². The Morgan fingerprint density at radius 2 is 1.27 bits per heavy atom. The molecular formula is C18H26N4O2S2. The van der Waals surface area contributed by atoms with Crippen LogP contribution in [-0.2, 0) is 9.59 Å². The second-order valence-electron chi connectivity index (χ2n) is 6.05. The van der Waals surface area contributed by atoms with Gasteiger partial charge in [-0.05, 0) is 44.9 Å². The Kier molecular flexibility index (Phi) is 9.15. The fourth-order valence-corrected chi connectivity index (χ4v) is 2.34. The molecule has 4 N–H and O–H groups in total. The number of hydrogen-bond acceptors (Lipinski definition) is 4. The highest BCUT2D eigenvalue weighted by molar-refractivity contribution is 7.82. The molecule has 0 saturated heterocycles. The van der Waals surface area contributed by atoms with E-state index in [2.05, 4.69) is 21.3 Å². The van der Waals surface area contributed by atoms with Gasteiger partial charge in [-0.1, -0.05) is 44.3 Å². The van der Waals surface area contributed by atoms with Crippen LogP contribution in [0.4, 0.5) is 11.4 Å². The molecule has 26 heavy (non-hydrogen) atoms. The highest BCUT2D eigenvalue weighted by atomic mass is 32.1. The molecule has 1 aromatic rings. The second kappa shape index (κ2) is 10.8. The van der Waals surface area contributed by atoms with Crippen molar-refractivity contribution in [1.82, 2.24) is 10.6 Å². The van der Waals surface area contributed by atoms with E-state index >= 15 is 0 Å². The summed E-state index contributed by atoms with van der Waals surface area (Å²) in [5.74, 6) is -0.782. The van der Waals surface area contributed by atoms with Gasteiger partial charge in [0.05, 0.1) is 0 Å². The van der Waals surface area contributed by atoms with Crippen LogP contribution in [0.2, 0.25) is 0 Å². The Labute approximate surface area is 165 Å². The molecule has 1 rings (SSSR count). The monoisotopic (exact) mass is 394 g/mol. The summed E-state index contributed by atoms with van der Waals surface area (Å²) in [5, 5.41) is 11.3. The maximum absolute atomic E-state index is 12.1. The maximum atomic E-state index is 12.1. The molecule has 0 spiro atoms. The Balaban J connectivity index is 2.67. The summed E-state index contributed by atoms with van der Waals surface area (Å²) in [6.07, 6.45) is 1.72. The molecule has 0 aliphatic heterocycles. The number of carbonyl (C=O) groups excluding carboxylic acids is 2. The van der Waals surface area contributed by atoms with E-state index in [1.807, 2.05) is 27.7 Å². The van der Waals surface area contributed by atoms with E-state index < -0.39 is 11.8 Å². The fourth-order valence-electron chi connectivity index (χ4n) is 1.83. The minimum Gasteiger partial charge on any atom is -0.369 e. The third-order valence-corrected chi connectivity index (χ3v) is 4.38. The molecule has 0 heterocycles. The van der Waals surface area contributed by atoms with Gasteiger partial charge < -0.3 is 21.3 Å². The molecule has 0 radical (unpaired) electrons. The summed E-state index contributed by atoms with van der Waals surface area (Å²) in [6, 6.07) is 7.05. The molecule has 8 heteroatoms. The summed E-state index contributed by atoms with van der Waals surface area (Å²) in [6.45, 7) is 7.91. The first-order chi connectivity index (χ1) is 12.3. The lowest BCUT2D eigenvalue weighted by molar-refractivity contribution is -0.111. The lowest BCUT2D eigenvalue weighted by Gasteiger charge is -2.15. The summed E-state index contributed by atoms with van der Waals surface area (Å²) in [7, 11) is 0. The molecule has 2 atom stereocenters. The lowest BCUT2D eigenvalue weighted by Crippen LogP contribution is -2.39. The number of benzene rings is 1. The van der Waals surface area contributed by atoms with Crippen LogP contribution in [0.15, 0.2) is 24.3 Å². The van der Waals surface area contributed by atoms with Crippen LogP contribution in [0.1, 0.15) is 40.5 Å². The van der Waals surface area contributed by atoms with Gasteiger partial charge in [0.15, 0.2) is 9.98 Å². The first-order valence-corrected chi connectivity index (χ1v) is 9.42. The zero-order valence-electron chi connectivity index (χ0n) is 15.5. The van der Waals surface area contributed by atoms with Gasteiger partial charge in [0.25, 0.3) is 11.8 Å². The van der Waals surface area contributed by atoms with E-state index in [-0.39, 0.29) is 22.1 Å². The first-order valence-electron chi connectivity index (χ1n) is 8.60. The molecule has 0 saturated carbocycles. The Morgan fingerprint density at radius 1 is 0.885 bits per heavy atom. The summed E-state index contributed by atoms with van der Waals surface area (Å²) >= 11 is 10.2. The smallest absolute Gasteiger partial charge is 0.283 e. The minimum absolute atomic E-state index is 0.123. The lowest BCUT2D eigenvalue weighted by atomic mass is 10.2. The number of rotatable bonds is 6. The summed E-state index contributed by atoms with van der Waals surface area (Å²) < 4.78 is 0. The van der Waals surface area contributed by atoms with E-state index in [0.29, 0.717) is 11.4 Å². The number of thiocarbonyl (C=S) groups is 2. The zero-order chi connectivity index (χ0) is 19.7. The first kappa shape index (κ1) is 22.0. The van der Waals surface area contributed by atoms with Gasteiger partial charge in [-0.2, -0.15) is 0 Å². The molecule has 2 unspecified atom stereocenters. The topological polar surface area (TPSA) is 82.3 Å². The third kappa shape index (κ3) is 7.45. The standard InChI is InChI=1S/C18H26N4O2S2/c1-5-11(3)19-17(25)15(23)21-13-8-7-9-14(10-13)22-16(24)18(26)20-12(4)6-2/h7-12H,5-6H2,1-4H3,(H,19,25)(H,20,26)(H,21,23)(H,22,24). The molecule has 142 valence electrons. The number of nitrogens with one attached hydrogen (secondary N) is 4. The van der Waals surface area contributed by atoms with Crippen molar-refractivity contribution in [1.29, 1.82) is 0 Å². The normalized spacial score (nSPS) is 12.5. The Morgan fingerprint density at radius 3 is 1.62 bits per heavy atom. The zero-order valence-corrected chi connectivity index (χ0v) is 17.1. The number of anilines is 2. The molecule has 0 aliphatic rings. The van der Waals surface area contributed by atoms with Crippen molar-refractivity contribution in [3.63, 3.8) is 0 Å². The highest BCUT2D eigenvalue weighted by Gasteiger charge is 2.14. The van der Waals surface area contributed by atoms with Crippen LogP contribution < -0.4 is 21.3 Å². The van der Waals surface area contributed by atoms with Crippen LogP contribution in [0.25, 0.3) is 0 Å². The van der Waals surface area contributed by atoms with Crippen molar-refractivity contribution in [3.8, 4) is 0 Å². The van der Waals surface area contributed by atoms with Crippen molar-refractivity contribution in [3.05, 3.63) is 24.3 Å². The average Bonchev–Trinajstić information content (AvgIpc) is 2.61. The van der Waals surface area contributed by atoms with Crippen molar-refractivity contribution in [2.75, 3.05) is 10.6 Å². The number of amides is 2. The van der Waals surface area contributed by atoms with Crippen molar-refractivity contribution < 1.29 is 9.59 Å². The third-order valence-electron chi connectivity index (χ3n) is 3.77. The van der Waals surface area contributed by atoms with E-state index in [0.717, 1.165) is 12.8 Å². The van der Waals surface area contributed by atoms with Crippen molar-refractivity contribution in [2.45, 2.75) is 52.6 Å². The van der Waals surface area contributed by atoms with E-state index in [1.54, 1.807) is 24.3 Å². The van der Waals surface area contributed by atoms with Crippen LogP contribution >= 0.6 is 24.4 Å². The predicted octanol–water partition coefficient (Wildman–Crippen LogP) is 2.99. The molecule has 6 nitrogen and oxygen atoms in total. The highest BCUT2D eigenvalue weighted by Crippen LogP contribution is 2.15. The Hall–Kier alpha value is -2.06. The predicted molar refractivity (Wildman–Crippen MR) is 115 cm³/mol. The van der Waals surface area contributed by atoms with Gasteiger partial charge >= 0.3 is 0 Å². The number of carbonyl (C=O) groups is 2. The van der Waals surface area contributed by atoms with Gasteiger partial charge in [0.2, 0.25) is 0 Å². The summed E-state index contributed by atoms with van der Waals surface area (Å²) in [4.78, 5) is 24.5. The quantitative estimate of drug-likeness (QED) is 0.555.